The van der Waals surface area contributed by atoms with E-state index >= 15 is 0 Å². The minimum Gasteiger partial charge on any atom is -0.457 e. The molecule has 0 radical (unpaired) electrons. The second kappa shape index (κ2) is 7.40. The summed E-state index contributed by atoms with van der Waals surface area (Å²) in [5.74, 6) is 1.69. The van der Waals surface area contributed by atoms with Gasteiger partial charge in [0.2, 0.25) is 0 Å². The topological polar surface area (TPSA) is 53.3 Å². The second-order valence-electron chi connectivity index (χ2n) is 6.36. The van der Waals surface area contributed by atoms with Crippen molar-refractivity contribution in [3.05, 3.63) is 60.2 Å². The number of piperidine rings is 1. The normalized spacial score (nSPS) is 16.1. The molecular weight excluding hydrogens is 312 g/mol. The summed E-state index contributed by atoms with van der Waals surface area (Å²) in [6.07, 6.45) is 3.96. The molecule has 1 fully saturated rings. The van der Waals surface area contributed by atoms with Crippen molar-refractivity contribution in [2.24, 2.45) is 0 Å². The van der Waals surface area contributed by atoms with Gasteiger partial charge in [0.1, 0.15) is 17.3 Å². The molecule has 0 aliphatic carbocycles. The van der Waals surface area contributed by atoms with E-state index < -0.39 is 5.41 Å². The zero-order valence-electron chi connectivity index (χ0n) is 14.4. The highest BCUT2D eigenvalue weighted by atomic mass is 16.5. The molecule has 0 amide bonds. The molecule has 0 saturated carbocycles. The van der Waals surface area contributed by atoms with E-state index in [4.69, 9.17) is 10.00 Å². The van der Waals surface area contributed by atoms with Gasteiger partial charge in [-0.05, 0) is 31.0 Å². The third-order valence-corrected chi connectivity index (χ3v) is 4.99. The Morgan fingerprint density at radius 3 is 2.40 bits per heavy atom. The summed E-state index contributed by atoms with van der Waals surface area (Å²) >= 11 is 0. The summed E-state index contributed by atoms with van der Waals surface area (Å²) < 4.78 is 6.10. The Bertz CT molecular complexity index is 772. The van der Waals surface area contributed by atoms with Crippen LogP contribution in [0.1, 0.15) is 31.7 Å². The largest absolute Gasteiger partial charge is 0.457 e. The maximum atomic E-state index is 12.9. The minimum atomic E-state index is -0.576. The van der Waals surface area contributed by atoms with Crippen molar-refractivity contribution in [3.63, 3.8) is 0 Å². The summed E-state index contributed by atoms with van der Waals surface area (Å²) in [5, 5.41) is 9.14. The summed E-state index contributed by atoms with van der Waals surface area (Å²) in [6, 6.07) is 17.4. The Balaban J connectivity index is 2.00. The number of Topliss-reactive ketones (excluding diaryl/α,β-unsaturated/α-hetero) is 1. The van der Waals surface area contributed by atoms with Crippen molar-refractivity contribution in [3.8, 4) is 17.7 Å². The predicted molar refractivity (Wildman–Crippen MR) is 96.4 cm³/mol. The number of carbonyl (C=O) groups is 1. The van der Waals surface area contributed by atoms with Crippen LogP contribution in [0.15, 0.2) is 54.6 Å². The summed E-state index contributed by atoms with van der Waals surface area (Å²) in [7, 11) is 0. The van der Waals surface area contributed by atoms with E-state index in [1.807, 2.05) is 61.5 Å². The van der Waals surface area contributed by atoms with Crippen molar-refractivity contribution in [1.82, 2.24) is 4.90 Å². The van der Waals surface area contributed by atoms with Gasteiger partial charge in [-0.3, -0.25) is 4.79 Å². The van der Waals surface area contributed by atoms with E-state index in [1.54, 1.807) is 4.90 Å². The number of likely N-dealkylation sites (tertiary alicyclic amines) is 1. The van der Waals surface area contributed by atoms with E-state index in [9.17, 15) is 4.79 Å². The fraction of sp³-hybridized carbons (Fsp3) is 0.333. The molecule has 4 heteroatoms. The summed E-state index contributed by atoms with van der Waals surface area (Å²) in [6.45, 7) is 3.10. The lowest BCUT2D eigenvalue weighted by Gasteiger charge is -2.40. The number of hydrogen-bond donors (Lipinski definition) is 0. The van der Waals surface area contributed by atoms with E-state index in [2.05, 4.69) is 6.19 Å². The Labute approximate surface area is 148 Å². The van der Waals surface area contributed by atoms with Crippen LogP contribution >= 0.6 is 0 Å². The van der Waals surface area contributed by atoms with Crippen LogP contribution in [0.4, 0.5) is 0 Å². The SMILES string of the molecule is CCC(=O)C1(c2ccccc2Oc2ccccc2)CCN(C#N)CC1. The summed E-state index contributed by atoms with van der Waals surface area (Å²) in [5.41, 5.74) is 0.358. The van der Waals surface area contributed by atoms with Crippen LogP contribution in [0.3, 0.4) is 0 Å². The molecule has 0 spiro atoms. The fourth-order valence-electron chi connectivity index (χ4n) is 3.59. The smallest absolute Gasteiger partial charge is 0.179 e. The van der Waals surface area contributed by atoms with Gasteiger partial charge in [-0.1, -0.05) is 43.3 Å². The van der Waals surface area contributed by atoms with Gasteiger partial charge < -0.3 is 9.64 Å². The number of ketones is 1. The first-order valence-electron chi connectivity index (χ1n) is 8.70. The Morgan fingerprint density at radius 1 is 1.12 bits per heavy atom. The monoisotopic (exact) mass is 334 g/mol. The van der Waals surface area contributed by atoms with Crippen LogP contribution in [-0.2, 0) is 10.2 Å². The first kappa shape index (κ1) is 17.0. The molecule has 2 aromatic rings. The van der Waals surface area contributed by atoms with Gasteiger partial charge >= 0.3 is 0 Å². The molecule has 0 aromatic heterocycles. The van der Waals surface area contributed by atoms with E-state index in [-0.39, 0.29) is 5.78 Å². The molecule has 25 heavy (non-hydrogen) atoms. The molecule has 128 valence electrons. The first-order valence-corrected chi connectivity index (χ1v) is 8.70. The first-order chi connectivity index (χ1) is 12.2. The Hall–Kier alpha value is -2.80. The minimum absolute atomic E-state index is 0.217. The average Bonchev–Trinajstić information content (AvgIpc) is 2.68. The lowest BCUT2D eigenvalue weighted by atomic mass is 9.68. The number of carbonyl (C=O) groups excluding carboxylic acids is 1. The molecule has 0 N–H and O–H groups in total. The Morgan fingerprint density at radius 2 is 1.76 bits per heavy atom. The van der Waals surface area contributed by atoms with Crippen molar-refractivity contribution in [1.29, 1.82) is 5.26 Å². The lowest BCUT2D eigenvalue weighted by molar-refractivity contribution is -0.126. The van der Waals surface area contributed by atoms with Gasteiger partial charge in [-0.25, -0.2) is 0 Å². The maximum absolute atomic E-state index is 12.9. The highest BCUT2D eigenvalue weighted by molar-refractivity contribution is 5.91. The number of ether oxygens (including phenoxy) is 1. The van der Waals surface area contributed by atoms with Crippen molar-refractivity contribution < 1.29 is 9.53 Å². The zero-order chi connectivity index (χ0) is 17.7. The van der Waals surface area contributed by atoms with Crippen LogP contribution in [-0.4, -0.2) is 23.8 Å². The van der Waals surface area contributed by atoms with Gasteiger partial charge in [0, 0.05) is 25.1 Å². The molecular formula is C21H22N2O2. The van der Waals surface area contributed by atoms with Gasteiger partial charge in [-0.15, -0.1) is 0 Å². The highest BCUT2D eigenvalue weighted by Gasteiger charge is 2.43. The molecule has 1 saturated heterocycles. The molecule has 2 aromatic carbocycles. The lowest BCUT2D eigenvalue weighted by Crippen LogP contribution is -2.46. The number of nitriles is 1. The van der Waals surface area contributed by atoms with Crippen molar-refractivity contribution >= 4 is 5.78 Å². The molecule has 1 heterocycles. The van der Waals surface area contributed by atoms with Crippen molar-refractivity contribution in [2.75, 3.05) is 13.1 Å². The van der Waals surface area contributed by atoms with E-state index in [0.717, 1.165) is 17.1 Å². The third-order valence-electron chi connectivity index (χ3n) is 4.99. The van der Waals surface area contributed by atoms with Crippen molar-refractivity contribution in [2.45, 2.75) is 31.6 Å². The zero-order valence-corrected chi connectivity index (χ0v) is 14.4. The third kappa shape index (κ3) is 3.36. The quantitative estimate of drug-likeness (QED) is 0.766. The molecule has 0 bridgehead atoms. The maximum Gasteiger partial charge on any atom is 0.179 e. The number of hydrogen-bond acceptors (Lipinski definition) is 4. The molecule has 1 aliphatic heterocycles. The predicted octanol–water partition coefficient (Wildman–Crippen LogP) is 4.27. The van der Waals surface area contributed by atoms with Gasteiger partial charge in [0.15, 0.2) is 6.19 Å². The molecule has 1 aliphatic rings. The van der Waals surface area contributed by atoms with Gasteiger partial charge in [-0.2, -0.15) is 5.26 Å². The molecule has 0 atom stereocenters. The van der Waals surface area contributed by atoms with Crippen LogP contribution in [0.5, 0.6) is 11.5 Å². The highest BCUT2D eigenvalue weighted by Crippen LogP contribution is 2.42. The van der Waals surface area contributed by atoms with Gasteiger partial charge in [0.25, 0.3) is 0 Å². The van der Waals surface area contributed by atoms with Gasteiger partial charge in [0.05, 0.1) is 5.41 Å². The van der Waals surface area contributed by atoms with Crippen LogP contribution < -0.4 is 4.74 Å². The molecule has 0 unspecified atom stereocenters. The molecule has 4 nitrogen and oxygen atoms in total. The van der Waals surface area contributed by atoms with Crippen LogP contribution in [0, 0.1) is 11.5 Å². The second-order valence-corrected chi connectivity index (χ2v) is 6.36. The molecule has 3 rings (SSSR count). The van der Waals surface area contributed by atoms with Crippen LogP contribution in [0.25, 0.3) is 0 Å². The van der Waals surface area contributed by atoms with Crippen LogP contribution in [0.2, 0.25) is 0 Å². The standard InChI is InChI=1S/C21H22N2O2/c1-2-20(24)21(12-14-23(16-22)15-13-21)18-10-6-7-11-19(18)25-17-8-4-3-5-9-17/h3-11H,2,12-15H2,1H3. The number of para-hydroxylation sites is 2. The van der Waals surface area contributed by atoms with E-state index in [1.165, 1.54) is 0 Å². The average molecular weight is 334 g/mol. The number of nitrogens with zero attached hydrogens (tertiary/aromatic N) is 2. The Kier molecular flexibility index (Phi) is 5.04. The number of benzene rings is 2. The van der Waals surface area contributed by atoms with E-state index in [0.29, 0.717) is 32.4 Å². The summed E-state index contributed by atoms with van der Waals surface area (Å²) in [4.78, 5) is 14.7. The fourth-order valence-corrected chi connectivity index (χ4v) is 3.59. The number of rotatable bonds is 5.